The van der Waals surface area contributed by atoms with Crippen LogP contribution >= 0.6 is 34.8 Å². The third kappa shape index (κ3) is 3.51. The molecule has 0 saturated carbocycles. The molecule has 4 rings (SSSR count). The van der Waals surface area contributed by atoms with E-state index >= 15 is 0 Å². The van der Waals surface area contributed by atoms with E-state index in [4.69, 9.17) is 39.5 Å². The van der Waals surface area contributed by atoms with E-state index in [2.05, 4.69) is 10.6 Å². The Morgan fingerprint density at radius 2 is 1.71 bits per heavy atom. The van der Waals surface area contributed by atoms with Gasteiger partial charge in [0, 0.05) is 37.8 Å². The molecule has 1 heterocycles. The zero-order valence-electron chi connectivity index (χ0n) is 14.7. The second kappa shape index (κ2) is 7.55. The highest BCUT2D eigenvalue weighted by Crippen LogP contribution is 2.43. The van der Waals surface area contributed by atoms with Gasteiger partial charge in [-0.05, 0) is 42.0 Å². The molecule has 28 heavy (non-hydrogen) atoms. The number of methoxy groups -OCH3 is 1. The van der Waals surface area contributed by atoms with Crippen molar-refractivity contribution in [3.05, 3.63) is 80.8 Å². The number of carbonyl (C=O) groups is 1. The lowest BCUT2D eigenvalue weighted by molar-refractivity contribution is 0.249. The molecule has 0 fully saturated rings. The van der Waals surface area contributed by atoms with Crippen molar-refractivity contribution >= 4 is 46.5 Å². The number of hydrogen-bond acceptors (Lipinski definition) is 2. The van der Waals surface area contributed by atoms with Crippen LogP contribution < -0.4 is 15.4 Å². The number of hydrogen-bond donors (Lipinski definition) is 2. The SMILES string of the molecule is COc1cc2c(cc1-c1cc(Cl)ccc1Cl)C(c1cccc(Cl)c1)NC(=O)N2. The van der Waals surface area contributed by atoms with Crippen LogP contribution in [0, 0.1) is 0 Å². The summed E-state index contributed by atoms with van der Waals surface area (Å²) in [6.07, 6.45) is 0. The highest BCUT2D eigenvalue weighted by Gasteiger charge is 2.28. The summed E-state index contributed by atoms with van der Waals surface area (Å²) in [6.45, 7) is 0. The normalized spacial score (nSPS) is 15.4. The fourth-order valence-corrected chi connectivity index (χ4v) is 3.93. The van der Waals surface area contributed by atoms with Crippen LogP contribution in [0.1, 0.15) is 17.2 Å². The Hall–Kier alpha value is -2.40. The fourth-order valence-electron chi connectivity index (χ4n) is 3.34. The van der Waals surface area contributed by atoms with Crippen LogP contribution in [0.3, 0.4) is 0 Å². The van der Waals surface area contributed by atoms with E-state index in [1.54, 1.807) is 37.4 Å². The minimum Gasteiger partial charge on any atom is -0.496 e. The van der Waals surface area contributed by atoms with E-state index in [0.29, 0.717) is 26.5 Å². The predicted molar refractivity (Wildman–Crippen MR) is 114 cm³/mol. The number of carbonyl (C=O) groups excluding carboxylic acids is 1. The van der Waals surface area contributed by atoms with Crippen LogP contribution in [0.15, 0.2) is 54.6 Å². The Labute approximate surface area is 177 Å². The molecule has 0 aromatic heterocycles. The summed E-state index contributed by atoms with van der Waals surface area (Å²) < 4.78 is 5.56. The average Bonchev–Trinajstić information content (AvgIpc) is 2.68. The van der Waals surface area contributed by atoms with Gasteiger partial charge in [0.15, 0.2) is 0 Å². The first-order valence-corrected chi connectivity index (χ1v) is 9.60. The molecule has 0 aliphatic carbocycles. The van der Waals surface area contributed by atoms with Gasteiger partial charge in [-0.2, -0.15) is 0 Å². The second-order valence-electron chi connectivity index (χ2n) is 6.35. The van der Waals surface area contributed by atoms with E-state index in [1.807, 2.05) is 24.3 Å². The molecule has 142 valence electrons. The van der Waals surface area contributed by atoms with Crippen molar-refractivity contribution in [2.24, 2.45) is 0 Å². The molecule has 3 aromatic carbocycles. The van der Waals surface area contributed by atoms with Gasteiger partial charge in [-0.1, -0.05) is 46.9 Å². The van der Waals surface area contributed by atoms with E-state index in [1.165, 1.54) is 0 Å². The molecule has 0 bridgehead atoms. The molecule has 4 nitrogen and oxygen atoms in total. The molecule has 0 spiro atoms. The van der Waals surface area contributed by atoms with Gasteiger partial charge < -0.3 is 15.4 Å². The summed E-state index contributed by atoms with van der Waals surface area (Å²) in [5.41, 5.74) is 3.92. The Morgan fingerprint density at radius 1 is 0.929 bits per heavy atom. The van der Waals surface area contributed by atoms with Gasteiger partial charge >= 0.3 is 6.03 Å². The maximum Gasteiger partial charge on any atom is 0.320 e. The maximum atomic E-state index is 12.2. The van der Waals surface area contributed by atoms with Crippen molar-refractivity contribution in [2.75, 3.05) is 12.4 Å². The van der Waals surface area contributed by atoms with Crippen molar-refractivity contribution in [3.8, 4) is 16.9 Å². The summed E-state index contributed by atoms with van der Waals surface area (Å²) in [5, 5.41) is 7.49. The summed E-state index contributed by atoms with van der Waals surface area (Å²) in [6, 6.07) is 15.7. The maximum absolute atomic E-state index is 12.2. The highest BCUT2D eigenvalue weighted by atomic mass is 35.5. The molecule has 0 saturated heterocycles. The molecule has 2 amide bonds. The van der Waals surface area contributed by atoms with Gasteiger partial charge in [0.25, 0.3) is 0 Å². The number of nitrogens with one attached hydrogen (secondary N) is 2. The molecule has 2 N–H and O–H groups in total. The van der Waals surface area contributed by atoms with E-state index in [9.17, 15) is 4.79 Å². The topological polar surface area (TPSA) is 50.4 Å². The van der Waals surface area contributed by atoms with Gasteiger partial charge in [-0.3, -0.25) is 0 Å². The smallest absolute Gasteiger partial charge is 0.320 e. The van der Waals surface area contributed by atoms with Gasteiger partial charge in [-0.25, -0.2) is 4.79 Å². The van der Waals surface area contributed by atoms with Gasteiger partial charge in [0.2, 0.25) is 0 Å². The first-order chi connectivity index (χ1) is 13.5. The number of benzene rings is 3. The second-order valence-corrected chi connectivity index (χ2v) is 7.63. The van der Waals surface area contributed by atoms with Crippen molar-refractivity contribution in [2.45, 2.75) is 6.04 Å². The molecule has 1 aliphatic heterocycles. The Bertz CT molecular complexity index is 1090. The van der Waals surface area contributed by atoms with Gasteiger partial charge in [-0.15, -0.1) is 0 Å². The number of rotatable bonds is 3. The molecular weight excluding hydrogens is 419 g/mol. The lowest BCUT2D eigenvalue weighted by Crippen LogP contribution is -2.38. The fraction of sp³-hybridized carbons (Fsp3) is 0.0952. The summed E-state index contributed by atoms with van der Waals surface area (Å²) in [4.78, 5) is 12.2. The number of urea groups is 1. The molecule has 1 atom stereocenters. The summed E-state index contributed by atoms with van der Waals surface area (Å²) in [7, 11) is 1.57. The minimum atomic E-state index is -0.370. The Morgan fingerprint density at radius 3 is 2.46 bits per heavy atom. The van der Waals surface area contributed by atoms with Crippen LogP contribution in [0.25, 0.3) is 11.1 Å². The number of halogens is 3. The van der Waals surface area contributed by atoms with Crippen molar-refractivity contribution in [1.82, 2.24) is 5.32 Å². The summed E-state index contributed by atoms with van der Waals surface area (Å²) >= 11 is 18.8. The quantitative estimate of drug-likeness (QED) is 0.492. The molecular formula is C21H15Cl3N2O2. The zero-order chi connectivity index (χ0) is 19.8. The number of anilines is 1. The van der Waals surface area contributed by atoms with Crippen LogP contribution in [-0.4, -0.2) is 13.1 Å². The van der Waals surface area contributed by atoms with Crippen molar-refractivity contribution in [1.29, 1.82) is 0 Å². The van der Waals surface area contributed by atoms with Gasteiger partial charge in [0.05, 0.1) is 18.8 Å². The number of ether oxygens (including phenoxy) is 1. The van der Waals surface area contributed by atoms with E-state index < -0.39 is 0 Å². The molecule has 1 unspecified atom stereocenters. The lowest BCUT2D eigenvalue weighted by Gasteiger charge is -2.29. The van der Waals surface area contributed by atoms with Crippen molar-refractivity contribution in [3.63, 3.8) is 0 Å². The van der Waals surface area contributed by atoms with Crippen LogP contribution in [0.4, 0.5) is 10.5 Å². The predicted octanol–water partition coefficient (Wildman–Crippen LogP) is 6.55. The first-order valence-electron chi connectivity index (χ1n) is 8.46. The monoisotopic (exact) mass is 432 g/mol. The highest BCUT2D eigenvalue weighted by molar-refractivity contribution is 6.35. The standard InChI is InChI=1S/C21H15Cl3N2O2/c1-28-19-10-18-16(9-15(19)14-8-13(23)5-6-17(14)24)20(26-21(27)25-18)11-3-2-4-12(22)7-11/h2-10,20H,1H3,(H2,25,26,27). The Kier molecular flexibility index (Phi) is 5.11. The van der Waals surface area contributed by atoms with Crippen molar-refractivity contribution < 1.29 is 9.53 Å². The lowest BCUT2D eigenvalue weighted by atomic mass is 9.91. The minimum absolute atomic E-state index is 0.298. The van der Waals surface area contributed by atoms with Crippen LogP contribution in [-0.2, 0) is 0 Å². The largest absolute Gasteiger partial charge is 0.496 e. The molecule has 7 heteroatoms. The van der Waals surface area contributed by atoms with E-state index in [0.717, 1.165) is 22.3 Å². The van der Waals surface area contributed by atoms with Gasteiger partial charge in [0.1, 0.15) is 5.75 Å². The zero-order valence-corrected chi connectivity index (χ0v) is 17.0. The third-order valence-electron chi connectivity index (χ3n) is 4.61. The molecule has 3 aromatic rings. The first kappa shape index (κ1) is 18.9. The van der Waals surface area contributed by atoms with Crippen LogP contribution in [0.5, 0.6) is 5.75 Å². The average molecular weight is 434 g/mol. The Balaban J connectivity index is 1.93. The van der Waals surface area contributed by atoms with E-state index in [-0.39, 0.29) is 12.1 Å². The third-order valence-corrected chi connectivity index (χ3v) is 5.41. The molecule has 1 aliphatic rings. The number of fused-ring (bicyclic) bond motifs is 1. The van der Waals surface area contributed by atoms with Crippen LogP contribution in [0.2, 0.25) is 15.1 Å². The number of amides is 2. The molecule has 0 radical (unpaired) electrons. The summed E-state index contributed by atoms with van der Waals surface area (Å²) in [5.74, 6) is 0.579.